The molecule has 2 unspecified atom stereocenters. The molecule has 0 aliphatic carbocycles. The van der Waals surface area contributed by atoms with Gasteiger partial charge in [-0.3, -0.25) is 10.1 Å². The summed E-state index contributed by atoms with van der Waals surface area (Å²) in [6.07, 6.45) is 1.58. The molecule has 1 aromatic heterocycles. The van der Waals surface area contributed by atoms with Gasteiger partial charge in [0.15, 0.2) is 0 Å². The summed E-state index contributed by atoms with van der Waals surface area (Å²) >= 11 is 1.39. The number of amides is 1. The van der Waals surface area contributed by atoms with Crippen molar-refractivity contribution >= 4 is 34.8 Å². The molecule has 0 aliphatic heterocycles. The standard InChI is InChI=1S/C16H22N4OS.ClH/c1-4-11(3)14(17)15(21)18-16-20-19-13(22-16)9-12-7-5-10(2)6-8-12;/h5-8,11,14H,4,9,17H2,1-3H3,(H,18,20,21);1H. The lowest BCUT2D eigenvalue weighted by molar-refractivity contribution is -0.118. The Hall–Kier alpha value is -1.50. The largest absolute Gasteiger partial charge is 0.320 e. The topological polar surface area (TPSA) is 80.9 Å². The van der Waals surface area contributed by atoms with Crippen molar-refractivity contribution in [3.05, 3.63) is 40.4 Å². The average molecular weight is 355 g/mol. The van der Waals surface area contributed by atoms with Crippen molar-refractivity contribution in [3.63, 3.8) is 0 Å². The second kappa shape index (κ2) is 8.96. The van der Waals surface area contributed by atoms with E-state index in [0.29, 0.717) is 11.6 Å². The van der Waals surface area contributed by atoms with E-state index in [1.165, 1.54) is 22.5 Å². The third-order valence-electron chi connectivity index (χ3n) is 3.73. The van der Waals surface area contributed by atoms with Crippen LogP contribution in [0, 0.1) is 12.8 Å². The lowest BCUT2D eigenvalue weighted by atomic mass is 10.00. The number of halogens is 1. The van der Waals surface area contributed by atoms with Gasteiger partial charge in [0.1, 0.15) is 5.01 Å². The van der Waals surface area contributed by atoms with Crippen LogP contribution in [0.5, 0.6) is 0 Å². The van der Waals surface area contributed by atoms with Crippen molar-refractivity contribution in [2.24, 2.45) is 11.7 Å². The molecule has 0 spiro atoms. The van der Waals surface area contributed by atoms with Crippen LogP contribution < -0.4 is 11.1 Å². The first-order valence-corrected chi connectivity index (χ1v) is 8.25. The van der Waals surface area contributed by atoms with Crippen LogP contribution in [-0.4, -0.2) is 22.1 Å². The minimum absolute atomic E-state index is 0. The van der Waals surface area contributed by atoms with Gasteiger partial charge in [0.05, 0.1) is 6.04 Å². The van der Waals surface area contributed by atoms with Gasteiger partial charge in [-0.15, -0.1) is 22.6 Å². The van der Waals surface area contributed by atoms with E-state index in [0.717, 1.165) is 11.4 Å². The fourth-order valence-electron chi connectivity index (χ4n) is 1.96. The van der Waals surface area contributed by atoms with E-state index in [4.69, 9.17) is 5.73 Å². The van der Waals surface area contributed by atoms with Gasteiger partial charge in [0, 0.05) is 6.42 Å². The molecule has 1 amide bonds. The number of aromatic nitrogens is 2. The predicted octanol–water partition coefficient (Wildman–Crippen LogP) is 3.17. The lowest BCUT2D eigenvalue weighted by Crippen LogP contribution is -2.40. The quantitative estimate of drug-likeness (QED) is 0.834. The summed E-state index contributed by atoms with van der Waals surface area (Å²) in [6.45, 7) is 6.04. The maximum Gasteiger partial charge on any atom is 0.243 e. The van der Waals surface area contributed by atoms with Gasteiger partial charge >= 0.3 is 0 Å². The molecule has 0 saturated carbocycles. The zero-order valence-electron chi connectivity index (χ0n) is 13.6. The number of nitrogens with one attached hydrogen (secondary N) is 1. The second-order valence-corrected chi connectivity index (χ2v) is 6.63. The number of nitrogens with zero attached hydrogens (tertiary/aromatic N) is 2. The smallest absolute Gasteiger partial charge is 0.243 e. The number of carbonyl (C=O) groups excluding carboxylic acids is 1. The molecule has 3 N–H and O–H groups in total. The molecule has 0 radical (unpaired) electrons. The van der Waals surface area contributed by atoms with Crippen LogP contribution in [0.3, 0.4) is 0 Å². The molecular formula is C16H23ClN4OS. The number of hydrogen-bond donors (Lipinski definition) is 2. The van der Waals surface area contributed by atoms with Crippen LogP contribution in [0.2, 0.25) is 0 Å². The molecule has 7 heteroatoms. The highest BCUT2D eigenvalue weighted by Gasteiger charge is 2.20. The Labute approximate surface area is 147 Å². The average Bonchev–Trinajstić information content (AvgIpc) is 2.95. The van der Waals surface area contributed by atoms with Gasteiger partial charge in [-0.25, -0.2) is 0 Å². The number of benzene rings is 1. The summed E-state index contributed by atoms with van der Waals surface area (Å²) in [4.78, 5) is 12.0. The Morgan fingerprint density at radius 1 is 1.30 bits per heavy atom. The molecule has 0 aliphatic rings. The van der Waals surface area contributed by atoms with Gasteiger partial charge in [-0.2, -0.15) is 0 Å². The molecule has 23 heavy (non-hydrogen) atoms. The zero-order chi connectivity index (χ0) is 16.1. The molecule has 1 heterocycles. The first kappa shape index (κ1) is 19.5. The fourth-order valence-corrected chi connectivity index (χ4v) is 2.73. The van der Waals surface area contributed by atoms with Crippen LogP contribution in [0.4, 0.5) is 5.13 Å². The third-order valence-corrected chi connectivity index (χ3v) is 4.57. The molecule has 126 valence electrons. The van der Waals surface area contributed by atoms with E-state index < -0.39 is 6.04 Å². The Bertz CT molecular complexity index is 629. The first-order chi connectivity index (χ1) is 10.5. The van der Waals surface area contributed by atoms with E-state index in [-0.39, 0.29) is 24.2 Å². The van der Waals surface area contributed by atoms with Crippen molar-refractivity contribution in [3.8, 4) is 0 Å². The number of hydrogen-bond acceptors (Lipinski definition) is 5. The maximum absolute atomic E-state index is 12.0. The summed E-state index contributed by atoms with van der Waals surface area (Å²) < 4.78 is 0. The minimum atomic E-state index is -0.519. The third kappa shape index (κ3) is 5.57. The minimum Gasteiger partial charge on any atom is -0.320 e. The number of anilines is 1. The van der Waals surface area contributed by atoms with Gasteiger partial charge in [-0.05, 0) is 18.4 Å². The molecule has 2 atom stereocenters. The van der Waals surface area contributed by atoms with Gasteiger partial charge in [0.25, 0.3) is 0 Å². The SMILES string of the molecule is CCC(C)C(N)C(=O)Nc1nnc(Cc2ccc(C)cc2)s1.Cl. The van der Waals surface area contributed by atoms with Crippen LogP contribution >= 0.6 is 23.7 Å². The van der Waals surface area contributed by atoms with Gasteiger partial charge in [0.2, 0.25) is 11.0 Å². The number of carbonyl (C=O) groups is 1. The van der Waals surface area contributed by atoms with Crippen LogP contribution in [0.25, 0.3) is 0 Å². The van der Waals surface area contributed by atoms with Crippen molar-refractivity contribution < 1.29 is 4.79 Å². The molecule has 0 saturated heterocycles. The van der Waals surface area contributed by atoms with Crippen molar-refractivity contribution in [2.45, 2.75) is 39.7 Å². The summed E-state index contributed by atoms with van der Waals surface area (Å²) in [5.74, 6) is -0.0627. The van der Waals surface area contributed by atoms with E-state index in [1.54, 1.807) is 0 Å². The molecule has 2 aromatic rings. The summed E-state index contributed by atoms with van der Waals surface area (Å²) in [6, 6.07) is 7.78. The highest BCUT2D eigenvalue weighted by molar-refractivity contribution is 7.15. The Morgan fingerprint density at radius 2 is 1.96 bits per heavy atom. The molecule has 1 aromatic carbocycles. The van der Waals surface area contributed by atoms with Gasteiger partial charge < -0.3 is 5.73 Å². The monoisotopic (exact) mass is 354 g/mol. The van der Waals surface area contributed by atoms with Crippen molar-refractivity contribution in [1.29, 1.82) is 0 Å². The number of rotatable bonds is 6. The summed E-state index contributed by atoms with van der Waals surface area (Å²) in [5.41, 5.74) is 8.31. The molecule has 2 rings (SSSR count). The summed E-state index contributed by atoms with van der Waals surface area (Å²) in [5, 5.41) is 12.3. The maximum atomic E-state index is 12.0. The Kier molecular flexibility index (Phi) is 7.61. The highest BCUT2D eigenvalue weighted by atomic mass is 35.5. The van der Waals surface area contributed by atoms with Crippen LogP contribution in [0.15, 0.2) is 24.3 Å². The first-order valence-electron chi connectivity index (χ1n) is 7.44. The van der Waals surface area contributed by atoms with Crippen LogP contribution in [0.1, 0.15) is 36.4 Å². The van der Waals surface area contributed by atoms with E-state index in [2.05, 4.69) is 46.7 Å². The zero-order valence-corrected chi connectivity index (χ0v) is 15.2. The van der Waals surface area contributed by atoms with E-state index >= 15 is 0 Å². The number of aryl methyl sites for hydroxylation is 1. The van der Waals surface area contributed by atoms with Crippen LogP contribution in [-0.2, 0) is 11.2 Å². The molecular weight excluding hydrogens is 332 g/mol. The Morgan fingerprint density at radius 3 is 2.57 bits per heavy atom. The molecule has 0 bridgehead atoms. The number of nitrogens with two attached hydrogens (primary N) is 1. The van der Waals surface area contributed by atoms with Crippen molar-refractivity contribution in [2.75, 3.05) is 5.32 Å². The second-order valence-electron chi connectivity index (χ2n) is 5.56. The van der Waals surface area contributed by atoms with Gasteiger partial charge in [-0.1, -0.05) is 61.4 Å². The van der Waals surface area contributed by atoms with Crippen molar-refractivity contribution in [1.82, 2.24) is 10.2 Å². The van der Waals surface area contributed by atoms with E-state index in [9.17, 15) is 4.79 Å². The fraction of sp³-hybridized carbons (Fsp3) is 0.438. The summed E-state index contributed by atoms with van der Waals surface area (Å²) in [7, 11) is 0. The predicted molar refractivity (Wildman–Crippen MR) is 97.2 cm³/mol. The highest BCUT2D eigenvalue weighted by Crippen LogP contribution is 2.19. The normalized spacial score (nSPS) is 13.0. The van der Waals surface area contributed by atoms with E-state index in [1.807, 2.05) is 13.8 Å². The molecule has 5 nitrogen and oxygen atoms in total. The molecule has 0 fully saturated rings. The Balaban J connectivity index is 0.00000264. The lowest BCUT2D eigenvalue weighted by Gasteiger charge is -2.16.